The summed E-state index contributed by atoms with van der Waals surface area (Å²) >= 11 is 0. The fourth-order valence-electron chi connectivity index (χ4n) is 3.06. The summed E-state index contributed by atoms with van der Waals surface area (Å²) in [6.45, 7) is 8.27. The molecule has 1 amide bonds. The highest BCUT2D eigenvalue weighted by Crippen LogP contribution is 2.30. The van der Waals surface area contributed by atoms with Gasteiger partial charge in [-0.25, -0.2) is 9.28 Å². The summed E-state index contributed by atoms with van der Waals surface area (Å²) in [7, 11) is 0. The zero-order valence-electron chi connectivity index (χ0n) is 13.0. The fraction of sp³-hybridized carbons (Fsp3) is 0.500. The number of hydrogen-bond acceptors (Lipinski definition) is 2. The van der Waals surface area contributed by atoms with E-state index in [1.165, 1.54) is 18.9 Å². The molecule has 0 bridgehead atoms. The van der Waals surface area contributed by atoms with Crippen LogP contribution in [0.15, 0.2) is 36.9 Å². The summed E-state index contributed by atoms with van der Waals surface area (Å²) in [6, 6.07) is 8.04. The molecule has 0 unspecified atom stereocenters. The molecule has 21 heavy (non-hydrogen) atoms. The standard InChI is InChI=1S/C18H26NO2/c1-3-15-21-17-11-9-16(10-12-17)19(18(20)4-2)13-7-5-6-8-14-19/h4,9-12H,2-3,5-8,13-15H2,1H3/q+1. The summed E-state index contributed by atoms with van der Waals surface area (Å²) in [5.74, 6) is 0.985. The summed E-state index contributed by atoms with van der Waals surface area (Å²) in [6.07, 6.45) is 7.08. The van der Waals surface area contributed by atoms with E-state index in [-0.39, 0.29) is 5.91 Å². The second-order valence-corrected chi connectivity index (χ2v) is 5.71. The predicted octanol–water partition coefficient (Wildman–Crippen LogP) is 4.07. The van der Waals surface area contributed by atoms with Crippen molar-refractivity contribution in [3.8, 4) is 5.75 Å². The first-order valence-electron chi connectivity index (χ1n) is 8.00. The van der Waals surface area contributed by atoms with Crippen LogP contribution < -0.4 is 9.22 Å². The van der Waals surface area contributed by atoms with Crippen molar-refractivity contribution in [2.75, 3.05) is 19.7 Å². The molecule has 0 aliphatic carbocycles. The molecular weight excluding hydrogens is 262 g/mol. The van der Waals surface area contributed by atoms with Gasteiger partial charge in [0.15, 0.2) is 0 Å². The topological polar surface area (TPSA) is 26.3 Å². The highest BCUT2D eigenvalue weighted by molar-refractivity contribution is 5.96. The second kappa shape index (κ2) is 7.41. The van der Waals surface area contributed by atoms with E-state index in [0.29, 0.717) is 4.48 Å². The number of carbonyl (C=O) groups excluding carboxylic acids is 1. The third-order valence-corrected chi connectivity index (χ3v) is 4.23. The van der Waals surface area contributed by atoms with Gasteiger partial charge in [-0.05, 0) is 44.2 Å². The molecular formula is C18H26NO2+. The minimum absolute atomic E-state index is 0.110. The number of carbonyl (C=O) groups is 1. The van der Waals surface area contributed by atoms with Crippen LogP contribution in [0.25, 0.3) is 0 Å². The Bertz CT molecular complexity index is 470. The number of likely N-dealkylation sites (tertiary alicyclic amines) is 1. The van der Waals surface area contributed by atoms with Gasteiger partial charge in [-0.3, -0.25) is 0 Å². The summed E-state index contributed by atoms with van der Waals surface area (Å²) in [4.78, 5) is 12.5. The van der Waals surface area contributed by atoms with Crippen LogP contribution in [0.1, 0.15) is 39.0 Å². The molecule has 0 spiro atoms. The summed E-state index contributed by atoms with van der Waals surface area (Å²) in [5.41, 5.74) is 1.06. The van der Waals surface area contributed by atoms with E-state index in [1.54, 1.807) is 0 Å². The Labute approximate surface area is 127 Å². The molecule has 1 saturated heterocycles. The minimum atomic E-state index is 0.110. The number of benzene rings is 1. The SMILES string of the molecule is C=CC(=O)[N+]1(c2ccc(OCCC)cc2)CCCCCC1. The van der Waals surface area contributed by atoms with Crippen LogP contribution in [0.2, 0.25) is 0 Å². The van der Waals surface area contributed by atoms with Crippen molar-refractivity contribution in [3.05, 3.63) is 36.9 Å². The van der Waals surface area contributed by atoms with Crippen LogP contribution in [0, 0.1) is 0 Å². The molecule has 0 radical (unpaired) electrons. The first-order valence-corrected chi connectivity index (χ1v) is 8.00. The Morgan fingerprint density at radius 1 is 1.19 bits per heavy atom. The lowest BCUT2D eigenvalue weighted by Gasteiger charge is -2.33. The lowest BCUT2D eigenvalue weighted by atomic mass is 10.2. The van der Waals surface area contributed by atoms with E-state index in [0.717, 1.165) is 50.4 Å². The Kier molecular flexibility index (Phi) is 5.57. The van der Waals surface area contributed by atoms with Crippen LogP contribution >= 0.6 is 0 Å². The predicted molar refractivity (Wildman–Crippen MR) is 87.4 cm³/mol. The average Bonchev–Trinajstić information content (AvgIpc) is 2.79. The zero-order chi connectivity index (χ0) is 15.1. The Morgan fingerprint density at radius 2 is 1.81 bits per heavy atom. The molecule has 0 atom stereocenters. The zero-order valence-corrected chi connectivity index (χ0v) is 13.0. The number of ether oxygens (including phenoxy) is 1. The Morgan fingerprint density at radius 3 is 2.33 bits per heavy atom. The van der Waals surface area contributed by atoms with Crippen molar-refractivity contribution in [3.63, 3.8) is 0 Å². The maximum atomic E-state index is 12.5. The molecule has 0 N–H and O–H groups in total. The van der Waals surface area contributed by atoms with Gasteiger partial charge in [-0.2, -0.15) is 0 Å². The number of nitrogens with zero attached hydrogens (tertiary/aromatic N) is 1. The van der Waals surface area contributed by atoms with E-state index in [1.807, 2.05) is 24.3 Å². The van der Waals surface area contributed by atoms with Crippen LogP contribution in [-0.4, -0.2) is 25.6 Å². The average molecular weight is 288 g/mol. The Hall–Kier alpha value is -1.61. The molecule has 0 saturated carbocycles. The van der Waals surface area contributed by atoms with E-state index >= 15 is 0 Å². The van der Waals surface area contributed by atoms with Crippen molar-refractivity contribution < 1.29 is 9.53 Å². The van der Waals surface area contributed by atoms with E-state index in [2.05, 4.69) is 13.5 Å². The minimum Gasteiger partial charge on any atom is -0.494 e. The van der Waals surface area contributed by atoms with Gasteiger partial charge in [0, 0.05) is 18.2 Å². The number of hydrogen-bond donors (Lipinski definition) is 0. The lowest BCUT2D eigenvalue weighted by molar-refractivity contribution is -0.125. The molecule has 2 rings (SSSR count). The first kappa shape index (κ1) is 15.8. The van der Waals surface area contributed by atoms with Crippen LogP contribution in [0.3, 0.4) is 0 Å². The van der Waals surface area contributed by atoms with E-state index < -0.39 is 0 Å². The van der Waals surface area contributed by atoms with Gasteiger partial charge in [0.25, 0.3) is 0 Å². The lowest BCUT2D eigenvalue weighted by Crippen LogP contribution is -2.54. The molecule has 3 heteroatoms. The van der Waals surface area contributed by atoms with Crippen LogP contribution in [0.4, 0.5) is 5.69 Å². The van der Waals surface area contributed by atoms with Gasteiger partial charge in [0.05, 0.1) is 19.7 Å². The molecule has 114 valence electrons. The van der Waals surface area contributed by atoms with Gasteiger partial charge in [-0.15, -0.1) is 0 Å². The fourth-order valence-corrected chi connectivity index (χ4v) is 3.06. The van der Waals surface area contributed by atoms with Gasteiger partial charge in [0.1, 0.15) is 11.4 Å². The van der Waals surface area contributed by atoms with Crippen LogP contribution in [-0.2, 0) is 4.79 Å². The van der Waals surface area contributed by atoms with Crippen molar-refractivity contribution in [1.82, 2.24) is 4.48 Å². The molecule has 3 nitrogen and oxygen atoms in total. The normalized spacial score (nSPS) is 17.8. The van der Waals surface area contributed by atoms with Crippen molar-refractivity contribution >= 4 is 11.6 Å². The molecule has 1 aromatic carbocycles. The van der Waals surface area contributed by atoms with Gasteiger partial charge < -0.3 is 4.74 Å². The quantitative estimate of drug-likeness (QED) is 0.603. The number of quaternary nitrogens is 1. The number of amides is 1. The van der Waals surface area contributed by atoms with E-state index in [4.69, 9.17) is 4.74 Å². The maximum absolute atomic E-state index is 12.5. The van der Waals surface area contributed by atoms with Gasteiger partial charge >= 0.3 is 5.91 Å². The molecule has 1 aliphatic rings. The summed E-state index contributed by atoms with van der Waals surface area (Å²) in [5, 5.41) is 0. The first-order chi connectivity index (χ1) is 10.2. The third-order valence-electron chi connectivity index (χ3n) is 4.23. The molecule has 1 heterocycles. The molecule has 1 fully saturated rings. The Balaban J connectivity index is 2.27. The largest absolute Gasteiger partial charge is 0.494 e. The van der Waals surface area contributed by atoms with E-state index in [9.17, 15) is 4.79 Å². The highest BCUT2D eigenvalue weighted by atomic mass is 16.5. The van der Waals surface area contributed by atoms with Crippen LogP contribution in [0.5, 0.6) is 5.75 Å². The highest BCUT2D eigenvalue weighted by Gasteiger charge is 2.37. The smallest absolute Gasteiger partial charge is 0.343 e. The van der Waals surface area contributed by atoms with Gasteiger partial charge in [0.2, 0.25) is 0 Å². The molecule has 0 aromatic heterocycles. The van der Waals surface area contributed by atoms with Crippen molar-refractivity contribution in [1.29, 1.82) is 0 Å². The number of rotatable bonds is 5. The maximum Gasteiger partial charge on any atom is 0.343 e. The van der Waals surface area contributed by atoms with Crippen molar-refractivity contribution in [2.24, 2.45) is 0 Å². The monoisotopic (exact) mass is 288 g/mol. The third kappa shape index (κ3) is 3.53. The second-order valence-electron chi connectivity index (χ2n) is 5.71. The van der Waals surface area contributed by atoms with Gasteiger partial charge in [-0.1, -0.05) is 13.5 Å². The molecule has 1 aromatic rings. The summed E-state index contributed by atoms with van der Waals surface area (Å²) < 4.78 is 6.04. The van der Waals surface area contributed by atoms with Crippen molar-refractivity contribution in [2.45, 2.75) is 39.0 Å². The molecule has 1 aliphatic heterocycles.